The van der Waals surface area contributed by atoms with E-state index in [1.54, 1.807) is 7.11 Å². The van der Waals surface area contributed by atoms with Crippen LogP contribution in [0, 0.1) is 5.41 Å². The van der Waals surface area contributed by atoms with E-state index < -0.39 is 5.41 Å². The number of carbonyl (C=O) groups is 1. The van der Waals surface area contributed by atoms with Crippen molar-refractivity contribution in [2.75, 3.05) is 13.7 Å². The topological polar surface area (TPSA) is 51.3 Å². The predicted octanol–water partition coefficient (Wildman–Crippen LogP) is 5.20. The van der Waals surface area contributed by atoms with Crippen LogP contribution in [0.3, 0.4) is 0 Å². The lowest BCUT2D eigenvalue weighted by Gasteiger charge is -2.24. The number of rotatable bonds is 6. The SMILES string of the molecule is CCOC(=O)C(C)(C)Cc1[nH]c2ccc(OC)cc2c1SC(C)(C)C. The van der Waals surface area contributed by atoms with E-state index in [2.05, 4.69) is 31.8 Å². The predicted molar refractivity (Wildman–Crippen MR) is 105 cm³/mol. The van der Waals surface area contributed by atoms with Crippen molar-refractivity contribution in [3.63, 3.8) is 0 Å². The number of fused-ring (bicyclic) bond motifs is 1. The Morgan fingerprint density at radius 3 is 2.44 bits per heavy atom. The van der Waals surface area contributed by atoms with Crippen LogP contribution in [-0.2, 0) is 16.0 Å². The van der Waals surface area contributed by atoms with Gasteiger partial charge in [-0.3, -0.25) is 4.79 Å². The first-order chi connectivity index (χ1) is 11.6. The molecule has 1 aromatic heterocycles. The summed E-state index contributed by atoms with van der Waals surface area (Å²) in [4.78, 5) is 17.0. The molecule has 138 valence electrons. The van der Waals surface area contributed by atoms with Crippen molar-refractivity contribution in [1.82, 2.24) is 4.98 Å². The molecule has 5 heteroatoms. The third-order valence-electron chi connectivity index (χ3n) is 3.89. The molecule has 0 unspecified atom stereocenters. The molecule has 0 bridgehead atoms. The summed E-state index contributed by atoms with van der Waals surface area (Å²) in [5.74, 6) is 0.663. The number of benzene rings is 1. The van der Waals surface area contributed by atoms with E-state index in [0.29, 0.717) is 13.0 Å². The van der Waals surface area contributed by atoms with E-state index >= 15 is 0 Å². The Hall–Kier alpha value is -1.62. The Balaban J connectivity index is 2.50. The zero-order valence-corrected chi connectivity index (χ0v) is 17.1. The highest BCUT2D eigenvalue weighted by Crippen LogP contribution is 2.42. The summed E-state index contributed by atoms with van der Waals surface area (Å²) < 4.78 is 10.7. The molecule has 1 aromatic carbocycles. The maximum atomic E-state index is 12.3. The molecular formula is C20H29NO3S. The van der Waals surface area contributed by atoms with Crippen LogP contribution in [0.15, 0.2) is 23.1 Å². The average molecular weight is 364 g/mol. The molecular weight excluding hydrogens is 334 g/mol. The molecule has 0 fully saturated rings. The van der Waals surface area contributed by atoms with E-state index in [1.165, 1.54) is 4.90 Å². The number of hydrogen-bond acceptors (Lipinski definition) is 4. The number of hydrogen-bond donors (Lipinski definition) is 1. The van der Waals surface area contributed by atoms with E-state index in [-0.39, 0.29) is 10.7 Å². The molecule has 25 heavy (non-hydrogen) atoms. The molecule has 0 aliphatic heterocycles. The number of thioether (sulfide) groups is 1. The minimum Gasteiger partial charge on any atom is -0.497 e. The summed E-state index contributed by atoms with van der Waals surface area (Å²) in [6.07, 6.45) is 0.598. The Labute approximate surface area is 154 Å². The fourth-order valence-corrected chi connectivity index (χ4v) is 3.85. The maximum Gasteiger partial charge on any atom is 0.311 e. The van der Waals surface area contributed by atoms with Gasteiger partial charge < -0.3 is 14.5 Å². The molecule has 0 aliphatic carbocycles. The number of aromatic amines is 1. The third kappa shape index (κ3) is 4.72. The minimum atomic E-state index is -0.589. The molecule has 0 amide bonds. The summed E-state index contributed by atoms with van der Waals surface area (Å²) in [5.41, 5.74) is 1.54. The van der Waals surface area contributed by atoms with E-state index in [4.69, 9.17) is 9.47 Å². The van der Waals surface area contributed by atoms with Gasteiger partial charge in [0.2, 0.25) is 0 Å². The lowest BCUT2D eigenvalue weighted by molar-refractivity contribution is -0.153. The van der Waals surface area contributed by atoms with Crippen LogP contribution < -0.4 is 4.74 Å². The first-order valence-electron chi connectivity index (χ1n) is 8.62. The number of nitrogens with one attached hydrogen (secondary N) is 1. The first-order valence-corrected chi connectivity index (χ1v) is 9.44. The van der Waals surface area contributed by atoms with Crippen LogP contribution >= 0.6 is 11.8 Å². The Kier molecular flexibility index (Phi) is 5.77. The highest BCUT2D eigenvalue weighted by molar-refractivity contribution is 8.00. The number of H-pyrrole nitrogens is 1. The van der Waals surface area contributed by atoms with Gasteiger partial charge in [-0.05, 0) is 39.0 Å². The van der Waals surface area contributed by atoms with Gasteiger partial charge in [-0.2, -0.15) is 0 Å². The molecule has 0 spiro atoms. The van der Waals surface area contributed by atoms with Gasteiger partial charge in [-0.25, -0.2) is 0 Å². The second-order valence-electron chi connectivity index (χ2n) is 7.84. The molecule has 1 heterocycles. The third-order valence-corrected chi connectivity index (χ3v) is 5.17. The molecule has 0 saturated heterocycles. The fraction of sp³-hybridized carbons (Fsp3) is 0.550. The van der Waals surface area contributed by atoms with Gasteiger partial charge >= 0.3 is 5.97 Å². The van der Waals surface area contributed by atoms with E-state index in [9.17, 15) is 4.79 Å². The van der Waals surface area contributed by atoms with Gasteiger partial charge in [-0.15, -0.1) is 11.8 Å². The van der Waals surface area contributed by atoms with E-state index in [0.717, 1.165) is 22.3 Å². The largest absolute Gasteiger partial charge is 0.497 e. The van der Waals surface area contributed by atoms with Gasteiger partial charge in [-0.1, -0.05) is 20.8 Å². The fourth-order valence-electron chi connectivity index (χ4n) is 2.72. The number of aromatic nitrogens is 1. The molecule has 1 N–H and O–H groups in total. The molecule has 2 aromatic rings. The lowest BCUT2D eigenvalue weighted by atomic mass is 9.88. The summed E-state index contributed by atoms with van der Waals surface area (Å²) in [6, 6.07) is 6.03. The smallest absolute Gasteiger partial charge is 0.311 e. The van der Waals surface area contributed by atoms with Crippen molar-refractivity contribution in [2.24, 2.45) is 5.41 Å². The van der Waals surface area contributed by atoms with Crippen molar-refractivity contribution >= 4 is 28.6 Å². The van der Waals surface area contributed by atoms with Crippen LogP contribution in [-0.4, -0.2) is 29.4 Å². The molecule has 0 radical (unpaired) electrons. The van der Waals surface area contributed by atoms with Crippen molar-refractivity contribution in [3.05, 3.63) is 23.9 Å². The average Bonchev–Trinajstić information content (AvgIpc) is 2.82. The van der Waals surface area contributed by atoms with Crippen LogP contribution in [0.4, 0.5) is 0 Å². The zero-order chi connectivity index (χ0) is 18.8. The highest BCUT2D eigenvalue weighted by atomic mass is 32.2. The monoisotopic (exact) mass is 363 g/mol. The Bertz CT molecular complexity index is 756. The lowest BCUT2D eigenvalue weighted by Crippen LogP contribution is -2.29. The van der Waals surface area contributed by atoms with Crippen molar-refractivity contribution in [2.45, 2.75) is 57.6 Å². The second kappa shape index (κ2) is 7.32. The Morgan fingerprint density at radius 2 is 1.88 bits per heavy atom. The Morgan fingerprint density at radius 1 is 1.20 bits per heavy atom. The number of ether oxygens (including phenoxy) is 2. The summed E-state index contributed by atoms with van der Waals surface area (Å²) >= 11 is 1.81. The standard InChI is InChI=1S/C20H29NO3S/c1-8-24-18(22)20(5,6)12-16-17(25-19(2,3)4)14-11-13(23-7)9-10-15(14)21-16/h9-11,21H,8,12H2,1-7H3. The molecule has 0 atom stereocenters. The number of esters is 1. The zero-order valence-electron chi connectivity index (χ0n) is 16.3. The van der Waals surface area contributed by atoms with Crippen molar-refractivity contribution < 1.29 is 14.3 Å². The maximum absolute atomic E-state index is 12.3. The van der Waals surface area contributed by atoms with Crippen molar-refractivity contribution in [3.8, 4) is 5.75 Å². The second-order valence-corrected chi connectivity index (χ2v) is 9.68. The van der Waals surface area contributed by atoms with Crippen molar-refractivity contribution in [1.29, 1.82) is 0 Å². The molecule has 0 aliphatic rings. The summed E-state index contributed by atoms with van der Waals surface area (Å²) in [5, 5.41) is 1.13. The van der Waals surface area contributed by atoms with Gasteiger partial charge in [0.1, 0.15) is 5.75 Å². The van der Waals surface area contributed by atoms with Crippen LogP contribution in [0.5, 0.6) is 5.75 Å². The molecule has 2 rings (SSSR count). The van der Waals surface area contributed by atoms with Gasteiger partial charge in [0.15, 0.2) is 0 Å². The summed E-state index contributed by atoms with van der Waals surface area (Å²) in [7, 11) is 1.68. The summed E-state index contributed by atoms with van der Waals surface area (Å²) in [6.45, 7) is 12.7. The molecule has 0 saturated carbocycles. The van der Waals surface area contributed by atoms with E-state index in [1.807, 2.05) is 44.7 Å². The number of methoxy groups -OCH3 is 1. The normalized spacial score (nSPS) is 12.4. The number of carbonyl (C=O) groups excluding carboxylic acids is 1. The first kappa shape index (κ1) is 19.7. The van der Waals surface area contributed by atoms with Gasteiger partial charge in [0.25, 0.3) is 0 Å². The minimum absolute atomic E-state index is 0.0566. The van der Waals surface area contributed by atoms with Gasteiger partial charge in [0.05, 0.1) is 19.1 Å². The van der Waals surface area contributed by atoms with Crippen LogP contribution in [0.1, 0.15) is 47.2 Å². The van der Waals surface area contributed by atoms with Crippen LogP contribution in [0.25, 0.3) is 10.9 Å². The van der Waals surface area contributed by atoms with Crippen LogP contribution in [0.2, 0.25) is 0 Å². The van der Waals surface area contributed by atoms with Gasteiger partial charge in [0, 0.05) is 32.7 Å². The quantitative estimate of drug-likeness (QED) is 0.566. The molecule has 4 nitrogen and oxygen atoms in total. The highest BCUT2D eigenvalue weighted by Gasteiger charge is 2.32.